The largest absolute Gasteiger partial charge is 0.468 e. The number of aromatic amines is 1. The second-order valence-corrected chi connectivity index (χ2v) is 8.11. The number of para-hydroxylation sites is 1. The first kappa shape index (κ1) is 17.9. The SMILES string of the molecule is COC(=O)C12Cc3c([nH]c4ccccc34)C(C)(N1)[C@@H]([N+](=O)[O-])[C@@H]2c1ccccc1. The molecular weight excluding hydrogens is 370 g/mol. The van der Waals surface area contributed by atoms with Crippen LogP contribution in [0.2, 0.25) is 0 Å². The van der Waals surface area contributed by atoms with Crippen LogP contribution in [0, 0.1) is 10.1 Å². The lowest BCUT2D eigenvalue weighted by Gasteiger charge is -2.37. The van der Waals surface area contributed by atoms with Crippen LogP contribution >= 0.6 is 0 Å². The number of hydrogen-bond donors (Lipinski definition) is 2. The van der Waals surface area contributed by atoms with Gasteiger partial charge in [-0.1, -0.05) is 48.5 Å². The number of methoxy groups -OCH3 is 1. The van der Waals surface area contributed by atoms with Crippen molar-refractivity contribution >= 4 is 16.9 Å². The van der Waals surface area contributed by atoms with Crippen molar-refractivity contribution in [3.63, 3.8) is 0 Å². The Kier molecular flexibility index (Phi) is 3.64. The van der Waals surface area contributed by atoms with E-state index in [1.165, 1.54) is 7.11 Å². The second kappa shape index (κ2) is 5.90. The molecular formula is C22H21N3O4. The molecule has 7 nitrogen and oxygen atoms in total. The van der Waals surface area contributed by atoms with Crippen molar-refractivity contribution in [2.45, 2.75) is 36.4 Å². The summed E-state index contributed by atoms with van der Waals surface area (Å²) in [5, 5.41) is 16.8. The van der Waals surface area contributed by atoms with Crippen molar-refractivity contribution in [1.82, 2.24) is 10.3 Å². The van der Waals surface area contributed by atoms with E-state index in [1.54, 1.807) is 0 Å². The number of aromatic nitrogens is 1. The predicted octanol–water partition coefficient (Wildman–Crippen LogP) is 2.88. The van der Waals surface area contributed by atoms with E-state index in [2.05, 4.69) is 10.3 Å². The van der Waals surface area contributed by atoms with Crippen molar-refractivity contribution in [3.8, 4) is 0 Å². The van der Waals surface area contributed by atoms with Crippen molar-refractivity contribution in [1.29, 1.82) is 0 Å². The maximum atomic E-state index is 13.2. The van der Waals surface area contributed by atoms with Gasteiger partial charge in [-0.05, 0) is 24.1 Å². The zero-order valence-corrected chi connectivity index (χ0v) is 16.1. The number of hydrogen-bond acceptors (Lipinski definition) is 5. The molecule has 5 rings (SSSR count). The van der Waals surface area contributed by atoms with E-state index in [9.17, 15) is 14.9 Å². The lowest BCUT2D eigenvalue weighted by atomic mass is 9.75. The Morgan fingerprint density at radius 3 is 2.55 bits per heavy atom. The van der Waals surface area contributed by atoms with Gasteiger partial charge in [0.05, 0.1) is 13.0 Å². The highest BCUT2D eigenvalue weighted by Crippen LogP contribution is 2.55. The highest BCUT2D eigenvalue weighted by Gasteiger charge is 2.72. The molecule has 148 valence electrons. The Balaban J connectivity index is 1.84. The normalized spacial score (nSPS) is 30.1. The highest BCUT2D eigenvalue weighted by molar-refractivity contribution is 5.91. The van der Waals surface area contributed by atoms with Crippen LogP contribution in [-0.2, 0) is 21.5 Å². The number of nitrogens with one attached hydrogen (secondary N) is 2. The smallest absolute Gasteiger partial charge is 0.327 e. The van der Waals surface area contributed by atoms with Crippen LogP contribution in [0.5, 0.6) is 0 Å². The maximum absolute atomic E-state index is 13.2. The lowest BCUT2D eigenvalue weighted by molar-refractivity contribution is -0.535. The van der Waals surface area contributed by atoms with Crippen LogP contribution in [0.25, 0.3) is 10.9 Å². The molecule has 0 amide bonds. The third-order valence-corrected chi connectivity index (χ3v) is 6.64. The summed E-state index contributed by atoms with van der Waals surface area (Å²) in [6.07, 6.45) is 0.318. The van der Waals surface area contributed by atoms with E-state index in [4.69, 9.17) is 4.74 Å². The molecule has 2 unspecified atom stereocenters. The van der Waals surface area contributed by atoms with Gasteiger partial charge >= 0.3 is 5.97 Å². The van der Waals surface area contributed by atoms with E-state index in [0.29, 0.717) is 6.42 Å². The number of nitrogens with zero attached hydrogens (tertiary/aromatic N) is 1. The van der Waals surface area contributed by atoms with Gasteiger partial charge in [0, 0.05) is 27.9 Å². The molecule has 1 fully saturated rings. The molecule has 0 spiro atoms. The van der Waals surface area contributed by atoms with Crippen molar-refractivity contribution < 1.29 is 14.5 Å². The van der Waals surface area contributed by atoms with Gasteiger partial charge in [-0.25, -0.2) is 0 Å². The molecule has 29 heavy (non-hydrogen) atoms. The summed E-state index contributed by atoms with van der Waals surface area (Å²) in [5.74, 6) is -1.14. The lowest BCUT2D eigenvalue weighted by Crippen LogP contribution is -2.60. The summed E-state index contributed by atoms with van der Waals surface area (Å²) in [4.78, 5) is 28.7. The minimum absolute atomic E-state index is 0.254. The van der Waals surface area contributed by atoms with Crippen molar-refractivity contribution in [2.24, 2.45) is 0 Å². The van der Waals surface area contributed by atoms with Crippen LogP contribution in [0.3, 0.4) is 0 Å². The first-order valence-electron chi connectivity index (χ1n) is 9.58. The Labute approximate surface area is 167 Å². The fourth-order valence-electron chi connectivity index (χ4n) is 5.58. The fourth-order valence-corrected chi connectivity index (χ4v) is 5.58. The zero-order valence-electron chi connectivity index (χ0n) is 16.1. The molecule has 2 aliphatic heterocycles. The number of fused-ring (bicyclic) bond motifs is 6. The predicted molar refractivity (Wildman–Crippen MR) is 107 cm³/mol. The molecule has 1 saturated heterocycles. The summed E-state index contributed by atoms with van der Waals surface area (Å²) in [5.41, 5.74) is 1.11. The summed E-state index contributed by atoms with van der Waals surface area (Å²) < 4.78 is 5.20. The topological polar surface area (TPSA) is 97.3 Å². The number of nitro groups is 1. The minimum Gasteiger partial charge on any atom is -0.468 e. The first-order chi connectivity index (χ1) is 13.9. The summed E-state index contributed by atoms with van der Waals surface area (Å²) in [6, 6.07) is 16.0. The molecule has 1 aromatic heterocycles. The van der Waals surface area contributed by atoms with Crippen LogP contribution < -0.4 is 5.32 Å². The molecule has 4 atom stereocenters. The molecule has 2 aliphatic rings. The minimum atomic E-state index is -1.22. The van der Waals surface area contributed by atoms with Crippen LogP contribution in [-0.4, -0.2) is 34.6 Å². The van der Waals surface area contributed by atoms with E-state index in [0.717, 1.165) is 27.7 Å². The number of benzene rings is 2. The van der Waals surface area contributed by atoms with Gasteiger partial charge in [-0.3, -0.25) is 20.2 Å². The number of H-pyrrole nitrogens is 1. The zero-order chi connectivity index (χ0) is 20.4. The van der Waals surface area contributed by atoms with Crippen LogP contribution in [0.4, 0.5) is 0 Å². The number of esters is 1. The average molecular weight is 391 g/mol. The molecule has 0 saturated carbocycles. The molecule has 2 aromatic carbocycles. The summed E-state index contributed by atoms with van der Waals surface area (Å²) in [7, 11) is 1.34. The van der Waals surface area contributed by atoms with E-state index < -0.39 is 29.0 Å². The third kappa shape index (κ3) is 2.19. The first-order valence-corrected chi connectivity index (χ1v) is 9.58. The number of ether oxygens (including phenoxy) is 1. The maximum Gasteiger partial charge on any atom is 0.327 e. The standard InChI is InChI=1S/C22H21N3O4/c1-21-18-15(14-10-6-7-11-16(14)23-18)12-22(24-21,20(26)29-2)17(19(21)25(27)28)13-8-4-3-5-9-13/h3-11,17,19,23-24H,12H2,1-2H3/t17-,19-,21?,22?/m0/s1. The van der Waals surface area contributed by atoms with Crippen LogP contribution in [0.15, 0.2) is 54.6 Å². The van der Waals surface area contributed by atoms with Crippen LogP contribution in [0.1, 0.15) is 29.7 Å². The van der Waals surface area contributed by atoms with Crippen molar-refractivity contribution in [3.05, 3.63) is 81.5 Å². The molecule has 7 heteroatoms. The number of carbonyl (C=O) groups is 1. The van der Waals surface area contributed by atoms with Gasteiger partial charge in [0.25, 0.3) is 0 Å². The molecule has 0 radical (unpaired) electrons. The fraction of sp³-hybridized carbons (Fsp3) is 0.318. The van der Waals surface area contributed by atoms with Gasteiger partial charge in [-0.2, -0.15) is 0 Å². The van der Waals surface area contributed by atoms with E-state index >= 15 is 0 Å². The van der Waals surface area contributed by atoms with Crippen molar-refractivity contribution in [2.75, 3.05) is 7.11 Å². The van der Waals surface area contributed by atoms with Gasteiger partial charge < -0.3 is 9.72 Å². The van der Waals surface area contributed by atoms with Gasteiger partial charge in [0.1, 0.15) is 11.1 Å². The molecule has 3 aromatic rings. The monoisotopic (exact) mass is 391 g/mol. The number of carbonyl (C=O) groups excluding carboxylic acids is 1. The highest BCUT2D eigenvalue weighted by atomic mass is 16.6. The third-order valence-electron chi connectivity index (χ3n) is 6.64. The quantitative estimate of drug-likeness (QED) is 0.406. The second-order valence-electron chi connectivity index (χ2n) is 8.11. The average Bonchev–Trinajstić information content (AvgIpc) is 3.21. The van der Waals surface area contributed by atoms with Gasteiger partial charge in [0.15, 0.2) is 0 Å². The summed E-state index contributed by atoms with van der Waals surface area (Å²) in [6.45, 7) is 1.81. The van der Waals surface area contributed by atoms with E-state index in [-0.39, 0.29) is 4.92 Å². The molecule has 2 bridgehead atoms. The Morgan fingerprint density at radius 1 is 1.17 bits per heavy atom. The van der Waals surface area contributed by atoms with Gasteiger partial charge in [0.2, 0.25) is 6.04 Å². The summed E-state index contributed by atoms with van der Waals surface area (Å²) >= 11 is 0. The van der Waals surface area contributed by atoms with Gasteiger partial charge in [-0.15, -0.1) is 0 Å². The molecule has 2 N–H and O–H groups in total. The Hall–Kier alpha value is -3.19. The van der Waals surface area contributed by atoms with E-state index in [1.807, 2.05) is 61.5 Å². The number of rotatable bonds is 3. The Morgan fingerprint density at radius 2 is 1.86 bits per heavy atom. The molecule has 0 aliphatic carbocycles. The Bertz CT molecular complexity index is 1140. The molecule has 3 heterocycles.